The van der Waals surface area contributed by atoms with E-state index in [4.69, 9.17) is 9.47 Å². The number of hydrogen-bond donors (Lipinski definition) is 1. The summed E-state index contributed by atoms with van der Waals surface area (Å²) >= 11 is 0. The Bertz CT molecular complexity index is 420. The molecular weight excluding hydrogens is 246 g/mol. The van der Waals surface area contributed by atoms with Crippen molar-refractivity contribution >= 4 is 5.95 Å². The van der Waals surface area contributed by atoms with E-state index in [-0.39, 0.29) is 17.4 Å². The van der Waals surface area contributed by atoms with Crippen LogP contribution >= 0.6 is 0 Å². The van der Waals surface area contributed by atoms with Crippen LogP contribution in [0.25, 0.3) is 0 Å². The lowest BCUT2D eigenvalue weighted by atomic mass is 9.90. The van der Waals surface area contributed by atoms with Crippen LogP contribution in [0, 0.1) is 5.41 Å². The number of rotatable bonds is 5. The van der Waals surface area contributed by atoms with Crippen LogP contribution < -0.4 is 19.7 Å². The van der Waals surface area contributed by atoms with Crippen molar-refractivity contribution in [2.75, 3.05) is 45.8 Å². The molecule has 0 aliphatic carbocycles. The van der Waals surface area contributed by atoms with Crippen molar-refractivity contribution in [3.05, 3.63) is 0 Å². The highest BCUT2D eigenvalue weighted by Gasteiger charge is 2.34. The van der Waals surface area contributed by atoms with Gasteiger partial charge in [0.15, 0.2) is 0 Å². The molecule has 1 atom stereocenters. The van der Waals surface area contributed by atoms with E-state index in [9.17, 15) is 0 Å². The van der Waals surface area contributed by atoms with Gasteiger partial charge in [-0.2, -0.15) is 9.97 Å². The van der Waals surface area contributed by atoms with E-state index >= 15 is 0 Å². The quantitative estimate of drug-likeness (QED) is 0.824. The Morgan fingerprint density at radius 2 is 1.84 bits per heavy atom. The van der Waals surface area contributed by atoms with Gasteiger partial charge >= 0.3 is 12.0 Å². The van der Waals surface area contributed by atoms with E-state index in [1.807, 2.05) is 7.05 Å². The normalized spacial score (nSPS) is 22.6. The third-order valence-corrected chi connectivity index (χ3v) is 3.39. The van der Waals surface area contributed by atoms with Crippen molar-refractivity contribution in [1.29, 1.82) is 0 Å². The molecule has 0 radical (unpaired) electrons. The zero-order valence-electron chi connectivity index (χ0n) is 11.9. The van der Waals surface area contributed by atoms with E-state index < -0.39 is 0 Å². The predicted octanol–water partition coefficient (Wildman–Crippen LogP) is 0.325. The zero-order valence-corrected chi connectivity index (χ0v) is 11.9. The lowest BCUT2D eigenvalue weighted by molar-refractivity contribution is 0.338. The minimum Gasteiger partial charge on any atom is -0.467 e. The summed E-state index contributed by atoms with van der Waals surface area (Å²) in [6, 6.07) is 0.563. The summed E-state index contributed by atoms with van der Waals surface area (Å²) in [5.74, 6) is 0.614. The Balaban J connectivity index is 2.19. The highest BCUT2D eigenvalue weighted by molar-refractivity contribution is 5.34. The summed E-state index contributed by atoms with van der Waals surface area (Å²) in [6.45, 7) is 5.07. The minimum absolute atomic E-state index is 0.238. The van der Waals surface area contributed by atoms with Crippen molar-refractivity contribution in [1.82, 2.24) is 20.3 Å². The standard InChI is InChI=1S/C12H21N5O2/c1-12(7-13-2)5-6-17(8-12)9-14-10(18-3)16-11(15-9)19-4/h13H,5-8H2,1-4H3. The molecule has 1 saturated heterocycles. The molecule has 1 fully saturated rings. The molecule has 1 aromatic rings. The molecule has 0 aromatic carbocycles. The smallest absolute Gasteiger partial charge is 0.324 e. The third kappa shape index (κ3) is 3.04. The molecule has 7 heteroatoms. The van der Waals surface area contributed by atoms with E-state index in [0.717, 1.165) is 26.1 Å². The molecule has 106 valence electrons. The van der Waals surface area contributed by atoms with Gasteiger partial charge in [0.1, 0.15) is 0 Å². The lowest BCUT2D eigenvalue weighted by Gasteiger charge is -2.24. The number of ether oxygens (including phenoxy) is 2. The molecule has 1 aliphatic heterocycles. The first-order valence-corrected chi connectivity index (χ1v) is 6.34. The van der Waals surface area contributed by atoms with Gasteiger partial charge < -0.3 is 19.7 Å². The van der Waals surface area contributed by atoms with Crippen LogP contribution in [0.4, 0.5) is 5.95 Å². The number of nitrogens with zero attached hydrogens (tertiary/aromatic N) is 4. The fraction of sp³-hybridized carbons (Fsp3) is 0.750. The maximum absolute atomic E-state index is 5.08. The van der Waals surface area contributed by atoms with Crippen molar-refractivity contribution in [2.45, 2.75) is 13.3 Å². The van der Waals surface area contributed by atoms with Gasteiger partial charge in [0.25, 0.3) is 0 Å². The molecule has 0 amide bonds. The van der Waals surface area contributed by atoms with E-state index in [1.54, 1.807) is 0 Å². The van der Waals surface area contributed by atoms with Crippen LogP contribution in [0.15, 0.2) is 0 Å². The third-order valence-electron chi connectivity index (χ3n) is 3.39. The lowest BCUT2D eigenvalue weighted by Crippen LogP contribution is -2.33. The molecule has 1 aliphatic rings. The van der Waals surface area contributed by atoms with Gasteiger partial charge in [-0.25, -0.2) is 0 Å². The molecule has 0 saturated carbocycles. The second kappa shape index (κ2) is 5.56. The Hall–Kier alpha value is -1.63. The molecule has 2 rings (SSSR count). The molecular formula is C12H21N5O2. The number of nitrogens with one attached hydrogen (secondary N) is 1. The van der Waals surface area contributed by atoms with Crippen molar-refractivity contribution in [3.8, 4) is 12.0 Å². The van der Waals surface area contributed by atoms with Crippen LogP contribution in [-0.4, -0.2) is 55.9 Å². The van der Waals surface area contributed by atoms with Crippen molar-refractivity contribution in [3.63, 3.8) is 0 Å². The molecule has 7 nitrogen and oxygen atoms in total. The number of hydrogen-bond acceptors (Lipinski definition) is 7. The van der Waals surface area contributed by atoms with Gasteiger partial charge in [-0.05, 0) is 18.9 Å². The fourth-order valence-corrected chi connectivity index (χ4v) is 2.42. The summed E-state index contributed by atoms with van der Waals surface area (Å²) < 4.78 is 10.2. The first kappa shape index (κ1) is 13.8. The number of anilines is 1. The molecule has 1 aromatic heterocycles. The first-order valence-electron chi connectivity index (χ1n) is 6.34. The maximum atomic E-state index is 5.08. The summed E-state index contributed by atoms with van der Waals surface area (Å²) in [7, 11) is 5.05. The van der Waals surface area contributed by atoms with Gasteiger partial charge in [-0.15, -0.1) is 4.98 Å². The molecule has 1 N–H and O–H groups in total. The Morgan fingerprint density at radius 1 is 1.21 bits per heavy atom. The molecule has 19 heavy (non-hydrogen) atoms. The minimum atomic E-state index is 0.238. The fourth-order valence-electron chi connectivity index (χ4n) is 2.42. The predicted molar refractivity (Wildman–Crippen MR) is 71.8 cm³/mol. The van der Waals surface area contributed by atoms with Crippen molar-refractivity contribution < 1.29 is 9.47 Å². The highest BCUT2D eigenvalue weighted by atomic mass is 16.5. The average molecular weight is 267 g/mol. The second-order valence-electron chi connectivity index (χ2n) is 5.12. The molecule has 2 heterocycles. The topological polar surface area (TPSA) is 72.4 Å². The van der Waals surface area contributed by atoms with Gasteiger partial charge in [0.2, 0.25) is 5.95 Å². The summed E-state index contributed by atoms with van der Waals surface area (Å²) in [6.07, 6.45) is 1.10. The van der Waals surface area contributed by atoms with Crippen LogP contribution in [0.2, 0.25) is 0 Å². The molecule has 0 spiro atoms. The first-order chi connectivity index (χ1) is 9.10. The van der Waals surface area contributed by atoms with Gasteiger partial charge in [0, 0.05) is 19.6 Å². The summed E-state index contributed by atoms with van der Waals surface area (Å²) in [4.78, 5) is 14.7. The monoisotopic (exact) mass is 267 g/mol. The van der Waals surface area contributed by atoms with Crippen LogP contribution in [0.5, 0.6) is 12.0 Å². The Morgan fingerprint density at radius 3 is 2.37 bits per heavy atom. The second-order valence-corrected chi connectivity index (χ2v) is 5.12. The van der Waals surface area contributed by atoms with Gasteiger partial charge in [-0.3, -0.25) is 0 Å². The Kier molecular flexibility index (Phi) is 4.04. The zero-order chi connectivity index (χ0) is 13.9. The van der Waals surface area contributed by atoms with Gasteiger partial charge in [-0.1, -0.05) is 6.92 Å². The summed E-state index contributed by atoms with van der Waals surface area (Å²) in [5.41, 5.74) is 0.238. The van der Waals surface area contributed by atoms with Crippen LogP contribution in [0.3, 0.4) is 0 Å². The highest BCUT2D eigenvalue weighted by Crippen LogP contribution is 2.31. The number of methoxy groups -OCH3 is 2. The SMILES string of the molecule is CNCC1(C)CCN(c2nc(OC)nc(OC)n2)C1. The summed E-state index contributed by atoms with van der Waals surface area (Å²) in [5, 5.41) is 3.24. The van der Waals surface area contributed by atoms with E-state index in [0.29, 0.717) is 5.95 Å². The van der Waals surface area contributed by atoms with Gasteiger partial charge in [0.05, 0.1) is 14.2 Å². The largest absolute Gasteiger partial charge is 0.467 e. The van der Waals surface area contributed by atoms with E-state index in [1.165, 1.54) is 14.2 Å². The van der Waals surface area contributed by atoms with Crippen LogP contribution in [0.1, 0.15) is 13.3 Å². The van der Waals surface area contributed by atoms with Crippen LogP contribution in [-0.2, 0) is 0 Å². The number of aromatic nitrogens is 3. The maximum Gasteiger partial charge on any atom is 0.324 e. The molecule has 1 unspecified atom stereocenters. The van der Waals surface area contributed by atoms with Crippen molar-refractivity contribution in [2.24, 2.45) is 5.41 Å². The average Bonchev–Trinajstić information content (AvgIpc) is 2.81. The van der Waals surface area contributed by atoms with E-state index in [2.05, 4.69) is 32.1 Å². The Labute approximate surface area is 113 Å². The molecule has 0 bridgehead atoms.